The maximum atomic E-state index is 6.10. The Balaban J connectivity index is 1.81. The molecular formula is C12H14Cl2N4OS. The highest BCUT2D eigenvalue weighted by molar-refractivity contribution is 7.20. The molecule has 1 N–H and O–H groups in total. The predicted octanol–water partition coefficient (Wildman–Crippen LogP) is 3.07. The molecule has 0 bridgehead atoms. The molecular weight excluding hydrogens is 319 g/mol. The van der Waals surface area contributed by atoms with E-state index in [9.17, 15) is 0 Å². The minimum Gasteiger partial charge on any atom is -0.334 e. The van der Waals surface area contributed by atoms with E-state index in [0.717, 1.165) is 26.2 Å². The van der Waals surface area contributed by atoms with Crippen LogP contribution in [0.15, 0.2) is 10.6 Å². The second-order valence-corrected chi connectivity index (χ2v) is 6.94. The lowest BCUT2D eigenvalue weighted by atomic mass is 10.2. The minimum absolute atomic E-state index is 0.127. The van der Waals surface area contributed by atoms with Crippen molar-refractivity contribution >= 4 is 34.5 Å². The Morgan fingerprint density at radius 3 is 2.80 bits per heavy atom. The molecule has 1 aliphatic heterocycles. The average molecular weight is 333 g/mol. The SMILES string of the molecule is CC(c1noc(-c2cc(Cl)sc2Cl)n1)N1CCNCC1. The third-order valence-electron chi connectivity index (χ3n) is 3.40. The van der Waals surface area contributed by atoms with E-state index < -0.39 is 0 Å². The topological polar surface area (TPSA) is 54.2 Å². The van der Waals surface area contributed by atoms with E-state index in [0.29, 0.717) is 26.0 Å². The largest absolute Gasteiger partial charge is 0.334 e. The van der Waals surface area contributed by atoms with Crippen LogP contribution in [-0.4, -0.2) is 41.2 Å². The highest BCUT2D eigenvalue weighted by Crippen LogP contribution is 2.37. The van der Waals surface area contributed by atoms with Crippen LogP contribution in [0, 0.1) is 0 Å². The van der Waals surface area contributed by atoms with Crippen molar-refractivity contribution in [2.45, 2.75) is 13.0 Å². The monoisotopic (exact) mass is 332 g/mol. The van der Waals surface area contributed by atoms with Crippen LogP contribution in [0.4, 0.5) is 0 Å². The van der Waals surface area contributed by atoms with Crippen LogP contribution < -0.4 is 5.32 Å². The third kappa shape index (κ3) is 2.84. The number of halogens is 2. The molecule has 8 heteroatoms. The van der Waals surface area contributed by atoms with Crippen molar-refractivity contribution in [1.82, 2.24) is 20.4 Å². The van der Waals surface area contributed by atoms with Crippen LogP contribution >= 0.6 is 34.5 Å². The molecule has 108 valence electrons. The van der Waals surface area contributed by atoms with Crippen LogP contribution in [0.5, 0.6) is 0 Å². The zero-order chi connectivity index (χ0) is 14.1. The molecule has 1 saturated heterocycles. The lowest BCUT2D eigenvalue weighted by Crippen LogP contribution is -2.44. The molecule has 1 fully saturated rings. The van der Waals surface area contributed by atoms with Gasteiger partial charge in [0.1, 0.15) is 4.34 Å². The van der Waals surface area contributed by atoms with Crippen LogP contribution in [0.25, 0.3) is 11.5 Å². The molecule has 0 radical (unpaired) electrons. The van der Waals surface area contributed by atoms with E-state index in [-0.39, 0.29) is 6.04 Å². The molecule has 0 saturated carbocycles. The van der Waals surface area contributed by atoms with Crippen molar-refractivity contribution in [1.29, 1.82) is 0 Å². The summed E-state index contributed by atoms with van der Waals surface area (Å²) in [6, 6.07) is 1.88. The van der Waals surface area contributed by atoms with Crippen LogP contribution in [0.2, 0.25) is 8.67 Å². The number of hydrogen-bond acceptors (Lipinski definition) is 6. The van der Waals surface area contributed by atoms with Gasteiger partial charge in [-0.2, -0.15) is 4.98 Å². The zero-order valence-electron chi connectivity index (χ0n) is 10.9. The number of aromatic nitrogens is 2. The molecule has 1 atom stereocenters. The fourth-order valence-corrected chi connectivity index (χ4v) is 3.68. The first-order valence-electron chi connectivity index (χ1n) is 6.38. The van der Waals surface area contributed by atoms with Crippen LogP contribution in [0.3, 0.4) is 0 Å². The summed E-state index contributed by atoms with van der Waals surface area (Å²) in [6.07, 6.45) is 0. The molecule has 3 heterocycles. The van der Waals surface area contributed by atoms with Gasteiger partial charge in [0.2, 0.25) is 0 Å². The van der Waals surface area contributed by atoms with Gasteiger partial charge in [0, 0.05) is 26.2 Å². The first kappa shape index (κ1) is 14.3. The zero-order valence-corrected chi connectivity index (χ0v) is 13.2. The summed E-state index contributed by atoms with van der Waals surface area (Å²) >= 11 is 13.3. The van der Waals surface area contributed by atoms with Gasteiger partial charge >= 0.3 is 0 Å². The number of nitrogens with one attached hydrogen (secondary N) is 1. The van der Waals surface area contributed by atoms with Gasteiger partial charge in [0.05, 0.1) is 15.9 Å². The summed E-state index contributed by atoms with van der Waals surface area (Å²) in [6.45, 7) is 6.02. The molecule has 5 nitrogen and oxygen atoms in total. The molecule has 3 rings (SSSR count). The highest BCUT2D eigenvalue weighted by atomic mass is 35.5. The van der Waals surface area contributed by atoms with Crippen molar-refractivity contribution in [3.05, 3.63) is 20.6 Å². The molecule has 2 aromatic heterocycles. The summed E-state index contributed by atoms with van der Waals surface area (Å²) in [5, 5.41) is 7.40. The van der Waals surface area contributed by atoms with Crippen molar-refractivity contribution in [3.63, 3.8) is 0 Å². The lowest BCUT2D eigenvalue weighted by molar-refractivity contribution is 0.176. The van der Waals surface area contributed by atoms with Crippen LogP contribution in [0.1, 0.15) is 18.8 Å². The standard InChI is InChI=1S/C12H14Cl2N4OS/c1-7(18-4-2-15-3-5-18)11-16-12(19-17-11)8-6-9(13)20-10(8)14/h6-7,15H,2-5H2,1H3. The van der Waals surface area contributed by atoms with Gasteiger partial charge in [-0.05, 0) is 13.0 Å². The summed E-state index contributed by atoms with van der Waals surface area (Å²) < 4.78 is 6.50. The minimum atomic E-state index is 0.127. The smallest absolute Gasteiger partial charge is 0.260 e. The summed E-state index contributed by atoms with van der Waals surface area (Å²) in [5.41, 5.74) is 0.702. The van der Waals surface area contributed by atoms with E-state index in [1.165, 1.54) is 11.3 Å². The molecule has 1 aliphatic rings. The van der Waals surface area contributed by atoms with Gasteiger partial charge in [-0.15, -0.1) is 11.3 Å². The van der Waals surface area contributed by atoms with E-state index in [4.69, 9.17) is 27.7 Å². The Morgan fingerprint density at radius 1 is 1.40 bits per heavy atom. The summed E-state index contributed by atoms with van der Waals surface area (Å²) in [4.78, 5) is 6.78. The lowest BCUT2D eigenvalue weighted by Gasteiger charge is -2.30. The summed E-state index contributed by atoms with van der Waals surface area (Å²) in [5.74, 6) is 1.11. The Kier molecular flexibility index (Phi) is 4.28. The Labute approximate surface area is 130 Å². The van der Waals surface area contributed by atoms with Crippen molar-refractivity contribution < 1.29 is 4.52 Å². The Hall–Kier alpha value is -0.660. The maximum Gasteiger partial charge on any atom is 0.260 e. The number of rotatable bonds is 3. The second-order valence-electron chi connectivity index (χ2n) is 4.66. The highest BCUT2D eigenvalue weighted by Gasteiger charge is 2.23. The molecule has 0 aromatic carbocycles. The van der Waals surface area contributed by atoms with Crippen molar-refractivity contribution in [3.8, 4) is 11.5 Å². The fourth-order valence-electron chi connectivity index (χ4n) is 2.23. The Bertz CT molecular complexity index is 594. The fraction of sp³-hybridized carbons (Fsp3) is 0.500. The number of piperazine rings is 1. The molecule has 2 aromatic rings. The van der Waals surface area contributed by atoms with Gasteiger partial charge < -0.3 is 9.84 Å². The van der Waals surface area contributed by atoms with Gasteiger partial charge in [-0.1, -0.05) is 28.4 Å². The first-order chi connectivity index (χ1) is 9.65. The maximum absolute atomic E-state index is 6.10. The molecule has 0 spiro atoms. The van der Waals surface area contributed by atoms with E-state index in [1.807, 2.05) is 0 Å². The van der Waals surface area contributed by atoms with Gasteiger partial charge in [-0.3, -0.25) is 4.90 Å². The quantitative estimate of drug-likeness (QED) is 0.936. The first-order valence-corrected chi connectivity index (χ1v) is 7.96. The van der Waals surface area contributed by atoms with Crippen molar-refractivity contribution in [2.75, 3.05) is 26.2 Å². The van der Waals surface area contributed by atoms with Gasteiger partial charge in [0.15, 0.2) is 5.82 Å². The van der Waals surface area contributed by atoms with Gasteiger partial charge in [0.25, 0.3) is 5.89 Å². The van der Waals surface area contributed by atoms with E-state index >= 15 is 0 Å². The second kappa shape index (κ2) is 5.99. The van der Waals surface area contributed by atoms with Crippen molar-refractivity contribution in [2.24, 2.45) is 0 Å². The normalized spacial score (nSPS) is 18.4. The van der Waals surface area contributed by atoms with E-state index in [2.05, 4.69) is 27.3 Å². The van der Waals surface area contributed by atoms with E-state index in [1.54, 1.807) is 6.07 Å². The molecule has 0 aliphatic carbocycles. The Morgan fingerprint density at radius 2 is 2.15 bits per heavy atom. The number of hydrogen-bond donors (Lipinski definition) is 1. The number of thiophene rings is 1. The molecule has 0 amide bonds. The number of nitrogens with zero attached hydrogens (tertiary/aromatic N) is 3. The average Bonchev–Trinajstić information content (AvgIpc) is 3.05. The molecule has 20 heavy (non-hydrogen) atoms. The van der Waals surface area contributed by atoms with Gasteiger partial charge in [-0.25, -0.2) is 0 Å². The van der Waals surface area contributed by atoms with Crippen LogP contribution in [-0.2, 0) is 0 Å². The third-order valence-corrected chi connectivity index (χ3v) is 4.89. The summed E-state index contributed by atoms with van der Waals surface area (Å²) in [7, 11) is 0. The predicted molar refractivity (Wildman–Crippen MR) is 80.5 cm³/mol. The molecule has 1 unspecified atom stereocenters.